The highest BCUT2D eigenvalue weighted by molar-refractivity contribution is 5.32. The van der Waals surface area contributed by atoms with Crippen molar-refractivity contribution in [3.63, 3.8) is 0 Å². The van der Waals surface area contributed by atoms with Crippen molar-refractivity contribution in [1.82, 2.24) is 0 Å². The minimum Gasteiger partial charge on any atom is -0.0769 e. The summed E-state index contributed by atoms with van der Waals surface area (Å²) in [6, 6.07) is 0. The average molecular weight is 219 g/mol. The molecule has 1 rings (SSSR count). The predicted octanol–water partition coefficient (Wildman–Crippen LogP) is 5.60. The molecule has 0 fully saturated rings. The molecular weight excluding hydrogens is 192 g/mol. The normalized spacial score (nSPS) is 15.1. The van der Waals surface area contributed by atoms with Gasteiger partial charge < -0.3 is 0 Å². The Labute approximate surface area is 102 Å². The van der Waals surface area contributed by atoms with Crippen LogP contribution in [0.4, 0.5) is 0 Å². The number of allylic oxidation sites excluding steroid dienone is 4. The van der Waals surface area contributed by atoms with E-state index < -0.39 is 0 Å². The molecule has 0 saturated carbocycles. The molecule has 0 N–H and O–H groups in total. The minimum atomic E-state index is 1.05. The summed E-state index contributed by atoms with van der Waals surface area (Å²) in [5.74, 6) is 0. The van der Waals surface area contributed by atoms with Gasteiger partial charge in [0.15, 0.2) is 0 Å². The number of hydrogen-bond acceptors (Lipinski definition) is 0. The van der Waals surface area contributed by atoms with Gasteiger partial charge in [-0.15, -0.1) is 0 Å². The summed E-state index contributed by atoms with van der Waals surface area (Å²) in [6.45, 7) is 4.50. The molecule has 16 heavy (non-hydrogen) atoms. The fraction of sp³-hybridized carbons (Fsp3) is 0.750. The monoisotopic (exact) mass is 219 g/mol. The van der Waals surface area contributed by atoms with Gasteiger partial charge in [0.2, 0.25) is 0 Å². The van der Waals surface area contributed by atoms with Crippen LogP contribution in [0.5, 0.6) is 0 Å². The second-order valence-corrected chi connectivity index (χ2v) is 4.97. The third-order valence-electron chi connectivity index (χ3n) is 3.48. The van der Waals surface area contributed by atoms with Gasteiger partial charge in [-0.2, -0.15) is 0 Å². The van der Waals surface area contributed by atoms with Crippen molar-refractivity contribution in [3.05, 3.63) is 23.3 Å². The summed E-state index contributed by atoms with van der Waals surface area (Å²) >= 11 is 0. The molecule has 0 aromatic rings. The van der Waals surface area contributed by atoms with Crippen molar-refractivity contribution >= 4 is 0 Å². The van der Waals surface area contributed by atoms with E-state index in [1.807, 2.05) is 0 Å². The van der Waals surface area contributed by atoms with Gasteiger partial charge in [-0.1, -0.05) is 63.5 Å². The first-order valence-corrected chi connectivity index (χ1v) is 7.11. The molecular formula is C16H27. The van der Waals surface area contributed by atoms with Gasteiger partial charge in [0.05, 0.1) is 0 Å². The van der Waals surface area contributed by atoms with E-state index in [2.05, 4.69) is 26.0 Å². The van der Waals surface area contributed by atoms with Crippen LogP contribution in [0.15, 0.2) is 17.2 Å². The van der Waals surface area contributed by atoms with Crippen LogP contribution in [0.25, 0.3) is 0 Å². The van der Waals surface area contributed by atoms with Crippen molar-refractivity contribution in [2.24, 2.45) is 0 Å². The third kappa shape index (κ3) is 5.53. The number of rotatable bonds is 9. The molecule has 1 radical (unpaired) electrons. The first-order valence-electron chi connectivity index (χ1n) is 7.11. The van der Waals surface area contributed by atoms with Gasteiger partial charge in [0.1, 0.15) is 0 Å². The summed E-state index contributed by atoms with van der Waals surface area (Å²) in [5.41, 5.74) is 2.97. The summed E-state index contributed by atoms with van der Waals surface area (Å²) in [5, 5.41) is 0. The van der Waals surface area contributed by atoms with Crippen LogP contribution in [0.2, 0.25) is 0 Å². The molecule has 0 unspecified atom stereocenters. The zero-order valence-electron chi connectivity index (χ0n) is 11.1. The quantitative estimate of drug-likeness (QED) is 0.443. The Morgan fingerprint density at radius 3 is 2.19 bits per heavy atom. The minimum absolute atomic E-state index is 1.05. The van der Waals surface area contributed by atoms with E-state index in [0.29, 0.717) is 0 Å². The van der Waals surface area contributed by atoms with Crippen LogP contribution in [0.1, 0.15) is 78.1 Å². The summed E-state index contributed by atoms with van der Waals surface area (Å²) < 4.78 is 0. The molecule has 91 valence electrons. The lowest BCUT2D eigenvalue weighted by Gasteiger charge is -2.04. The lowest BCUT2D eigenvalue weighted by molar-refractivity contribution is 0.575. The Hall–Kier alpha value is -0.520. The summed E-state index contributed by atoms with van der Waals surface area (Å²) in [4.78, 5) is 0. The van der Waals surface area contributed by atoms with E-state index in [1.54, 1.807) is 0 Å². The van der Waals surface area contributed by atoms with Crippen LogP contribution in [-0.2, 0) is 0 Å². The average Bonchev–Trinajstić information content (AvgIpc) is 2.68. The van der Waals surface area contributed by atoms with E-state index in [-0.39, 0.29) is 0 Å². The van der Waals surface area contributed by atoms with Crippen LogP contribution >= 0.6 is 0 Å². The van der Waals surface area contributed by atoms with Gasteiger partial charge in [0, 0.05) is 0 Å². The van der Waals surface area contributed by atoms with E-state index in [9.17, 15) is 0 Å². The van der Waals surface area contributed by atoms with Gasteiger partial charge in [-0.25, -0.2) is 0 Å². The Bertz CT molecular complexity index is 232. The van der Waals surface area contributed by atoms with Crippen LogP contribution in [-0.4, -0.2) is 0 Å². The van der Waals surface area contributed by atoms with Crippen molar-refractivity contribution in [2.45, 2.75) is 78.1 Å². The highest BCUT2D eigenvalue weighted by Crippen LogP contribution is 2.23. The Morgan fingerprint density at radius 2 is 1.62 bits per heavy atom. The third-order valence-corrected chi connectivity index (χ3v) is 3.48. The Balaban J connectivity index is 1.87. The predicted molar refractivity (Wildman–Crippen MR) is 72.4 cm³/mol. The molecule has 0 nitrogen and oxygen atoms in total. The van der Waals surface area contributed by atoms with Gasteiger partial charge in [0.25, 0.3) is 0 Å². The molecule has 0 atom stereocenters. The number of hydrogen-bond donors (Lipinski definition) is 0. The maximum atomic E-state index is 3.45. The maximum Gasteiger partial charge on any atom is -0.00858 e. The second-order valence-electron chi connectivity index (χ2n) is 4.97. The molecule has 0 bridgehead atoms. The number of unbranched alkanes of at least 4 members (excludes halogenated alkanes) is 7. The largest absolute Gasteiger partial charge is 0.0769 e. The zero-order chi connectivity index (χ0) is 11.6. The molecule has 0 aromatic heterocycles. The van der Waals surface area contributed by atoms with Crippen molar-refractivity contribution in [3.8, 4) is 0 Å². The molecule has 0 aromatic carbocycles. The molecule has 0 amide bonds. The first-order chi connectivity index (χ1) is 7.84. The topological polar surface area (TPSA) is 0 Å². The summed E-state index contributed by atoms with van der Waals surface area (Å²) in [6.07, 6.45) is 19.4. The SMILES string of the molecule is CCCCCCCCCCC1=[C]CC=C1C. The van der Waals surface area contributed by atoms with Gasteiger partial charge in [-0.05, 0) is 37.8 Å². The van der Waals surface area contributed by atoms with Crippen molar-refractivity contribution in [2.75, 3.05) is 0 Å². The molecule has 0 spiro atoms. The molecule has 0 heterocycles. The Morgan fingerprint density at radius 1 is 1.00 bits per heavy atom. The van der Waals surface area contributed by atoms with E-state index in [4.69, 9.17) is 0 Å². The van der Waals surface area contributed by atoms with E-state index in [0.717, 1.165) is 6.42 Å². The second kappa shape index (κ2) is 8.61. The Kier molecular flexibility index (Phi) is 7.29. The first kappa shape index (κ1) is 13.5. The standard InChI is InChI=1S/C16H27/c1-3-4-5-6-7-8-9-10-13-16-14-11-12-15(16)2/h12H,3-11,13H2,1-2H3. The van der Waals surface area contributed by atoms with Crippen molar-refractivity contribution in [1.29, 1.82) is 0 Å². The highest BCUT2D eigenvalue weighted by Gasteiger charge is 2.04. The molecule has 0 heteroatoms. The molecule has 1 aliphatic carbocycles. The fourth-order valence-corrected chi connectivity index (χ4v) is 2.31. The highest BCUT2D eigenvalue weighted by atomic mass is 14.1. The van der Waals surface area contributed by atoms with Crippen molar-refractivity contribution < 1.29 is 0 Å². The molecule has 0 aliphatic heterocycles. The summed E-state index contributed by atoms with van der Waals surface area (Å²) in [7, 11) is 0. The van der Waals surface area contributed by atoms with Gasteiger partial charge >= 0.3 is 0 Å². The smallest absolute Gasteiger partial charge is 0.00858 e. The van der Waals surface area contributed by atoms with Crippen LogP contribution < -0.4 is 0 Å². The maximum absolute atomic E-state index is 3.45. The van der Waals surface area contributed by atoms with Crippen LogP contribution in [0.3, 0.4) is 0 Å². The zero-order valence-corrected chi connectivity index (χ0v) is 11.1. The van der Waals surface area contributed by atoms with E-state index in [1.165, 1.54) is 68.9 Å². The lowest BCUT2D eigenvalue weighted by Crippen LogP contribution is -1.85. The fourth-order valence-electron chi connectivity index (χ4n) is 2.31. The molecule has 0 saturated heterocycles. The van der Waals surface area contributed by atoms with Crippen LogP contribution in [0, 0.1) is 6.08 Å². The lowest BCUT2D eigenvalue weighted by atomic mass is 10.0. The van der Waals surface area contributed by atoms with E-state index >= 15 is 0 Å². The van der Waals surface area contributed by atoms with Gasteiger partial charge in [-0.3, -0.25) is 0 Å². The molecule has 1 aliphatic rings.